The predicted molar refractivity (Wildman–Crippen MR) is 78.0 cm³/mol. The molecule has 0 bridgehead atoms. The fourth-order valence-corrected chi connectivity index (χ4v) is 2.32. The Balaban J connectivity index is 2.36. The molecule has 0 unspecified atom stereocenters. The van der Waals surface area contributed by atoms with Gasteiger partial charge in [0.1, 0.15) is 17.1 Å². The Hall–Kier alpha value is -2.40. The van der Waals surface area contributed by atoms with Crippen molar-refractivity contribution in [2.45, 2.75) is 13.5 Å². The molecule has 0 radical (unpaired) electrons. The van der Waals surface area contributed by atoms with Gasteiger partial charge in [-0.05, 0) is 36.8 Å². The van der Waals surface area contributed by atoms with Crippen molar-refractivity contribution in [3.63, 3.8) is 0 Å². The summed E-state index contributed by atoms with van der Waals surface area (Å²) >= 11 is 0. The Kier molecular flexibility index (Phi) is 3.12. The first-order valence-electron chi connectivity index (χ1n) is 6.42. The molecule has 3 rings (SSSR count). The molecule has 0 atom stereocenters. The van der Waals surface area contributed by atoms with Gasteiger partial charge in [0.25, 0.3) is 0 Å². The summed E-state index contributed by atoms with van der Waals surface area (Å²) in [5, 5.41) is 0. The van der Waals surface area contributed by atoms with Crippen LogP contribution in [0.4, 0.5) is 0 Å². The number of imidazole rings is 1. The van der Waals surface area contributed by atoms with E-state index in [1.165, 1.54) is 0 Å². The molecule has 5 nitrogen and oxygen atoms in total. The van der Waals surface area contributed by atoms with E-state index in [9.17, 15) is 0 Å². The van der Waals surface area contributed by atoms with E-state index in [1.807, 2.05) is 41.8 Å². The lowest BCUT2D eigenvalue weighted by atomic mass is 10.2. The van der Waals surface area contributed by atoms with Gasteiger partial charge in [-0.3, -0.25) is 4.57 Å². The molecule has 0 spiro atoms. The highest BCUT2D eigenvalue weighted by atomic mass is 16.5. The molecule has 20 heavy (non-hydrogen) atoms. The number of ether oxygens (including phenoxy) is 1. The summed E-state index contributed by atoms with van der Waals surface area (Å²) in [6.45, 7) is 2.38. The molecule has 0 amide bonds. The molecule has 102 valence electrons. The van der Waals surface area contributed by atoms with Crippen LogP contribution in [0.25, 0.3) is 16.9 Å². The summed E-state index contributed by atoms with van der Waals surface area (Å²) in [7, 11) is 1.66. The van der Waals surface area contributed by atoms with Crippen LogP contribution in [0.1, 0.15) is 11.4 Å². The van der Waals surface area contributed by atoms with E-state index in [0.29, 0.717) is 6.54 Å². The Labute approximate surface area is 117 Å². The first-order chi connectivity index (χ1) is 9.74. The van der Waals surface area contributed by atoms with E-state index < -0.39 is 0 Å². The molecule has 0 saturated heterocycles. The SMILES string of the molecule is COc1ccc(C)cc1-n1c(CN)nc2cccnc21. The van der Waals surface area contributed by atoms with Crippen molar-refractivity contribution in [2.24, 2.45) is 5.73 Å². The summed E-state index contributed by atoms with van der Waals surface area (Å²) in [4.78, 5) is 8.95. The van der Waals surface area contributed by atoms with E-state index in [4.69, 9.17) is 10.5 Å². The molecular weight excluding hydrogens is 252 g/mol. The first kappa shape index (κ1) is 12.6. The minimum atomic E-state index is 0.341. The zero-order chi connectivity index (χ0) is 14.1. The van der Waals surface area contributed by atoms with Crippen LogP contribution in [0.5, 0.6) is 5.75 Å². The zero-order valence-electron chi connectivity index (χ0n) is 11.5. The van der Waals surface area contributed by atoms with Crippen molar-refractivity contribution in [3.05, 3.63) is 47.9 Å². The summed E-state index contributed by atoms with van der Waals surface area (Å²) in [5.41, 5.74) is 9.50. The Morgan fingerprint density at radius 1 is 1.30 bits per heavy atom. The van der Waals surface area contributed by atoms with Crippen LogP contribution in [-0.4, -0.2) is 21.6 Å². The van der Waals surface area contributed by atoms with E-state index in [2.05, 4.69) is 9.97 Å². The lowest BCUT2D eigenvalue weighted by Crippen LogP contribution is -2.08. The van der Waals surface area contributed by atoms with Crippen LogP contribution < -0.4 is 10.5 Å². The van der Waals surface area contributed by atoms with Crippen LogP contribution >= 0.6 is 0 Å². The second-order valence-corrected chi connectivity index (χ2v) is 4.59. The lowest BCUT2D eigenvalue weighted by Gasteiger charge is -2.13. The number of nitrogens with two attached hydrogens (primary N) is 1. The molecule has 2 aromatic heterocycles. The third-order valence-corrected chi connectivity index (χ3v) is 3.24. The number of methoxy groups -OCH3 is 1. The maximum absolute atomic E-state index is 5.83. The van der Waals surface area contributed by atoms with Crippen molar-refractivity contribution < 1.29 is 4.74 Å². The number of aromatic nitrogens is 3. The molecule has 3 aromatic rings. The quantitative estimate of drug-likeness (QED) is 0.790. The number of hydrogen-bond acceptors (Lipinski definition) is 4. The van der Waals surface area contributed by atoms with Gasteiger partial charge in [-0.25, -0.2) is 9.97 Å². The maximum Gasteiger partial charge on any atom is 0.164 e. The van der Waals surface area contributed by atoms with Gasteiger partial charge in [-0.15, -0.1) is 0 Å². The maximum atomic E-state index is 5.83. The second-order valence-electron chi connectivity index (χ2n) is 4.59. The van der Waals surface area contributed by atoms with Crippen molar-refractivity contribution in [3.8, 4) is 11.4 Å². The molecular formula is C15H16N4O. The highest BCUT2D eigenvalue weighted by Crippen LogP contribution is 2.28. The Bertz CT molecular complexity index is 764. The molecule has 2 N–H and O–H groups in total. The number of nitrogens with zero attached hydrogens (tertiary/aromatic N) is 3. The third-order valence-electron chi connectivity index (χ3n) is 3.24. The largest absolute Gasteiger partial charge is 0.495 e. The van der Waals surface area contributed by atoms with Crippen LogP contribution in [-0.2, 0) is 6.54 Å². The van der Waals surface area contributed by atoms with Gasteiger partial charge in [0.05, 0.1) is 19.3 Å². The molecule has 0 aliphatic heterocycles. The smallest absolute Gasteiger partial charge is 0.164 e. The molecule has 5 heteroatoms. The standard InChI is InChI=1S/C15H16N4O/c1-10-5-6-13(20-2)12(8-10)19-14(9-16)18-11-4-3-7-17-15(11)19/h3-8H,9,16H2,1-2H3. The highest BCUT2D eigenvalue weighted by molar-refractivity contribution is 5.75. The van der Waals surface area contributed by atoms with Crippen LogP contribution in [0.15, 0.2) is 36.5 Å². The zero-order valence-corrected chi connectivity index (χ0v) is 11.5. The number of pyridine rings is 1. The van der Waals surface area contributed by atoms with Gasteiger partial charge >= 0.3 is 0 Å². The van der Waals surface area contributed by atoms with E-state index in [0.717, 1.165) is 34.0 Å². The first-order valence-corrected chi connectivity index (χ1v) is 6.42. The van der Waals surface area contributed by atoms with Crippen molar-refractivity contribution in [2.75, 3.05) is 7.11 Å². The molecule has 0 aliphatic rings. The normalized spacial score (nSPS) is 10.9. The predicted octanol–water partition coefficient (Wildman–Crippen LogP) is 2.20. The number of fused-ring (bicyclic) bond motifs is 1. The van der Waals surface area contributed by atoms with Gasteiger partial charge in [0, 0.05) is 6.20 Å². The minimum absolute atomic E-state index is 0.341. The number of benzene rings is 1. The lowest BCUT2D eigenvalue weighted by molar-refractivity contribution is 0.412. The summed E-state index contributed by atoms with van der Waals surface area (Å²) in [6.07, 6.45) is 1.75. The second kappa shape index (κ2) is 4.94. The molecule has 2 heterocycles. The molecule has 0 fully saturated rings. The van der Waals surface area contributed by atoms with Crippen molar-refractivity contribution >= 4 is 11.2 Å². The van der Waals surface area contributed by atoms with E-state index >= 15 is 0 Å². The van der Waals surface area contributed by atoms with Gasteiger partial charge in [-0.2, -0.15) is 0 Å². The van der Waals surface area contributed by atoms with Crippen LogP contribution in [0, 0.1) is 6.92 Å². The average Bonchev–Trinajstić information content (AvgIpc) is 2.85. The van der Waals surface area contributed by atoms with Crippen LogP contribution in [0.3, 0.4) is 0 Å². The van der Waals surface area contributed by atoms with Crippen molar-refractivity contribution in [1.82, 2.24) is 14.5 Å². The summed E-state index contributed by atoms with van der Waals surface area (Å²) < 4.78 is 7.41. The van der Waals surface area contributed by atoms with Gasteiger partial charge in [-0.1, -0.05) is 6.07 Å². The van der Waals surface area contributed by atoms with Crippen molar-refractivity contribution in [1.29, 1.82) is 0 Å². The monoisotopic (exact) mass is 268 g/mol. The molecule has 0 saturated carbocycles. The van der Waals surface area contributed by atoms with E-state index in [1.54, 1.807) is 13.3 Å². The third kappa shape index (κ3) is 1.92. The Morgan fingerprint density at radius 3 is 2.90 bits per heavy atom. The summed E-state index contributed by atoms with van der Waals surface area (Å²) in [5.74, 6) is 1.54. The Morgan fingerprint density at radius 2 is 2.15 bits per heavy atom. The highest BCUT2D eigenvalue weighted by Gasteiger charge is 2.15. The average molecular weight is 268 g/mol. The number of hydrogen-bond donors (Lipinski definition) is 1. The van der Waals surface area contributed by atoms with E-state index in [-0.39, 0.29) is 0 Å². The van der Waals surface area contributed by atoms with Gasteiger partial charge in [0.2, 0.25) is 0 Å². The van der Waals surface area contributed by atoms with Crippen LogP contribution in [0.2, 0.25) is 0 Å². The molecule has 1 aromatic carbocycles. The minimum Gasteiger partial charge on any atom is -0.495 e. The topological polar surface area (TPSA) is 66.0 Å². The fraction of sp³-hybridized carbons (Fsp3) is 0.200. The van der Waals surface area contributed by atoms with Gasteiger partial charge in [0.15, 0.2) is 5.65 Å². The number of rotatable bonds is 3. The number of aryl methyl sites for hydroxylation is 1. The fourth-order valence-electron chi connectivity index (χ4n) is 2.32. The molecule has 0 aliphatic carbocycles. The van der Waals surface area contributed by atoms with Gasteiger partial charge < -0.3 is 10.5 Å². The summed E-state index contributed by atoms with van der Waals surface area (Å²) in [6, 6.07) is 9.80.